The molecule has 0 aromatic heterocycles. The van der Waals surface area contributed by atoms with Gasteiger partial charge in [-0.15, -0.1) is 24.0 Å². The van der Waals surface area contributed by atoms with Crippen LogP contribution in [0.3, 0.4) is 0 Å². The van der Waals surface area contributed by atoms with E-state index in [4.69, 9.17) is 4.74 Å². The van der Waals surface area contributed by atoms with Gasteiger partial charge in [-0.05, 0) is 25.5 Å². The number of hydrogen-bond donors (Lipinski definition) is 2. The Morgan fingerprint density at radius 1 is 1.22 bits per heavy atom. The summed E-state index contributed by atoms with van der Waals surface area (Å²) >= 11 is 0. The first-order valence-corrected chi connectivity index (χ1v) is 9.62. The van der Waals surface area contributed by atoms with Crippen LogP contribution in [0.4, 0.5) is 0 Å². The molecule has 1 saturated heterocycles. The van der Waals surface area contributed by atoms with E-state index < -0.39 is 0 Å². The number of aliphatic imine (C=N–C) groups is 1. The third-order valence-corrected chi connectivity index (χ3v) is 4.86. The molecule has 0 amide bonds. The average molecular weight is 489 g/mol. The number of methoxy groups -OCH3 is 1. The third-order valence-electron chi connectivity index (χ3n) is 4.86. The van der Waals surface area contributed by atoms with Gasteiger partial charge in [-0.1, -0.05) is 30.3 Å². The van der Waals surface area contributed by atoms with E-state index in [0.717, 1.165) is 64.7 Å². The van der Waals surface area contributed by atoms with Gasteiger partial charge in [0.05, 0.1) is 6.61 Å². The van der Waals surface area contributed by atoms with E-state index in [0.29, 0.717) is 6.04 Å². The normalized spacial score (nSPS) is 16.2. The fraction of sp³-hybridized carbons (Fsp3) is 0.650. The molecule has 1 aliphatic heterocycles. The van der Waals surface area contributed by atoms with Gasteiger partial charge in [-0.25, -0.2) is 0 Å². The lowest BCUT2D eigenvalue weighted by atomic mass is 10.0. The molecule has 0 saturated carbocycles. The van der Waals surface area contributed by atoms with Crippen molar-refractivity contribution in [2.75, 3.05) is 60.5 Å². The predicted molar refractivity (Wildman–Crippen MR) is 124 cm³/mol. The van der Waals surface area contributed by atoms with Gasteiger partial charge in [0.15, 0.2) is 5.96 Å². The number of halogens is 1. The summed E-state index contributed by atoms with van der Waals surface area (Å²) in [6, 6.07) is 11.2. The number of ether oxygens (including phenoxy) is 1. The SMILES string of the molecule is CN=C(NCCN(C)CCOC)NC1CCN(Cc2ccccc2)CC1.I. The van der Waals surface area contributed by atoms with Gasteiger partial charge >= 0.3 is 0 Å². The number of guanidine groups is 1. The summed E-state index contributed by atoms with van der Waals surface area (Å²) in [6.07, 6.45) is 2.31. The van der Waals surface area contributed by atoms with Gasteiger partial charge in [-0.3, -0.25) is 9.89 Å². The maximum atomic E-state index is 5.11. The minimum atomic E-state index is 0. The zero-order valence-electron chi connectivity index (χ0n) is 17.0. The number of nitrogens with zero attached hydrogens (tertiary/aromatic N) is 3. The minimum Gasteiger partial charge on any atom is -0.383 e. The van der Waals surface area contributed by atoms with Gasteiger partial charge in [0.2, 0.25) is 0 Å². The molecule has 1 aliphatic rings. The van der Waals surface area contributed by atoms with Crippen molar-refractivity contribution in [2.45, 2.75) is 25.4 Å². The Bertz CT molecular complexity index is 520. The molecule has 1 fully saturated rings. The largest absolute Gasteiger partial charge is 0.383 e. The molecule has 1 heterocycles. The van der Waals surface area contributed by atoms with Crippen LogP contribution in [0.5, 0.6) is 0 Å². The van der Waals surface area contributed by atoms with Crippen LogP contribution >= 0.6 is 24.0 Å². The Morgan fingerprint density at radius 2 is 1.93 bits per heavy atom. The molecule has 27 heavy (non-hydrogen) atoms. The lowest BCUT2D eigenvalue weighted by molar-refractivity contribution is 0.162. The summed E-state index contributed by atoms with van der Waals surface area (Å²) in [7, 11) is 5.69. The molecule has 0 atom stereocenters. The molecule has 6 nitrogen and oxygen atoms in total. The van der Waals surface area contributed by atoms with Crippen molar-refractivity contribution in [1.82, 2.24) is 20.4 Å². The summed E-state index contributed by atoms with van der Waals surface area (Å²) in [6.45, 7) is 6.88. The van der Waals surface area contributed by atoms with E-state index >= 15 is 0 Å². The number of likely N-dealkylation sites (N-methyl/N-ethyl adjacent to an activating group) is 1. The summed E-state index contributed by atoms with van der Waals surface area (Å²) in [5, 5.41) is 6.99. The molecule has 1 aromatic rings. The summed E-state index contributed by atoms with van der Waals surface area (Å²) in [5.41, 5.74) is 1.40. The van der Waals surface area contributed by atoms with Crippen molar-refractivity contribution in [2.24, 2.45) is 4.99 Å². The zero-order chi connectivity index (χ0) is 18.6. The van der Waals surface area contributed by atoms with Gasteiger partial charge in [0.25, 0.3) is 0 Å². The fourth-order valence-electron chi connectivity index (χ4n) is 3.19. The number of nitrogens with one attached hydrogen (secondary N) is 2. The molecule has 0 aliphatic carbocycles. The monoisotopic (exact) mass is 489 g/mol. The average Bonchev–Trinajstić information content (AvgIpc) is 2.67. The van der Waals surface area contributed by atoms with Crippen molar-refractivity contribution in [1.29, 1.82) is 0 Å². The second-order valence-electron chi connectivity index (χ2n) is 6.98. The predicted octanol–water partition coefficient (Wildman–Crippen LogP) is 2.01. The highest BCUT2D eigenvalue weighted by molar-refractivity contribution is 14.0. The standard InChI is InChI=1S/C20H35N5O.HI/c1-21-20(22-11-14-24(2)15-16-26-3)23-19-9-12-25(13-10-19)17-18-7-5-4-6-8-18;/h4-8,19H,9-17H2,1-3H3,(H2,21,22,23);1H. The third kappa shape index (κ3) is 9.73. The molecular weight excluding hydrogens is 453 g/mol. The second kappa shape index (κ2) is 14.1. The molecule has 2 rings (SSSR count). The molecule has 154 valence electrons. The summed E-state index contributed by atoms with van der Waals surface area (Å²) in [4.78, 5) is 9.16. The van der Waals surface area contributed by atoms with Crippen molar-refractivity contribution in [3.8, 4) is 0 Å². The van der Waals surface area contributed by atoms with Gasteiger partial charge in [-0.2, -0.15) is 0 Å². The van der Waals surface area contributed by atoms with E-state index in [9.17, 15) is 0 Å². The molecule has 7 heteroatoms. The first-order chi connectivity index (χ1) is 12.7. The Kier molecular flexibility index (Phi) is 12.6. The lowest BCUT2D eigenvalue weighted by Crippen LogP contribution is -2.49. The van der Waals surface area contributed by atoms with Gasteiger partial charge < -0.3 is 20.3 Å². The molecular formula is C20H36IN5O. The maximum absolute atomic E-state index is 5.11. The molecule has 1 aromatic carbocycles. The van der Waals surface area contributed by atoms with E-state index in [1.165, 1.54) is 5.56 Å². The van der Waals surface area contributed by atoms with Crippen LogP contribution in [0.25, 0.3) is 0 Å². The molecule has 2 N–H and O–H groups in total. The van der Waals surface area contributed by atoms with E-state index in [2.05, 4.69) is 62.8 Å². The molecule has 0 radical (unpaired) electrons. The smallest absolute Gasteiger partial charge is 0.191 e. The number of rotatable bonds is 9. The highest BCUT2D eigenvalue weighted by atomic mass is 127. The van der Waals surface area contributed by atoms with Crippen molar-refractivity contribution < 1.29 is 4.74 Å². The highest BCUT2D eigenvalue weighted by Gasteiger charge is 2.19. The first kappa shape index (κ1) is 24.1. The lowest BCUT2D eigenvalue weighted by Gasteiger charge is -2.33. The first-order valence-electron chi connectivity index (χ1n) is 9.62. The van der Waals surface area contributed by atoms with Crippen LogP contribution in [0.2, 0.25) is 0 Å². The summed E-state index contributed by atoms with van der Waals surface area (Å²) in [5.74, 6) is 0.909. The van der Waals surface area contributed by atoms with E-state index in [1.807, 2.05) is 7.05 Å². The van der Waals surface area contributed by atoms with Crippen LogP contribution in [0.15, 0.2) is 35.3 Å². The fourth-order valence-corrected chi connectivity index (χ4v) is 3.19. The zero-order valence-corrected chi connectivity index (χ0v) is 19.3. The Hall–Kier alpha value is -0.900. The molecule has 0 unspecified atom stereocenters. The number of hydrogen-bond acceptors (Lipinski definition) is 4. The second-order valence-corrected chi connectivity index (χ2v) is 6.98. The molecule has 0 bridgehead atoms. The maximum Gasteiger partial charge on any atom is 0.191 e. The van der Waals surface area contributed by atoms with Crippen LogP contribution in [0, 0.1) is 0 Å². The van der Waals surface area contributed by atoms with Crippen LogP contribution in [-0.2, 0) is 11.3 Å². The minimum absolute atomic E-state index is 0. The Balaban J connectivity index is 0.00000364. The number of benzene rings is 1. The summed E-state index contributed by atoms with van der Waals surface area (Å²) < 4.78 is 5.11. The van der Waals surface area contributed by atoms with E-state index in [1.54, 1.807) is 7.11 Å². The van der Waals surface area contributed by atoms with Crippen LogP contribution < -0.4 is 10.6 Å². The Morgan fingerprint density at radius 3 is 2.56 bits per heavy atom. The Labute approximate surface area is 181 Å². The van der Waals surface area contributed by atoms with Gasteiger partial charge in [0, 0.05) is 59.5 Å². The van der Waals surface area contributed by atoms with E-state index in [-0.39, 0.29) is 24.0 Å². The van der Waals surface area contributed by atoms with Gasteiger partial charge in [0.1, 0.15) is 0 Å². The number of likely N-dealkylation sites (tertiary alicyclic amines) is 1. The highest BCUT2D eigenvalue weighted by Crippen LogP contribution is 2.13. The van der Waals surface area contributed by atoms with Crippen molar-refractivity contribution >= 4 is 29.9 Å². The molecule has 0 spiro atoms. The van der Waals surface area contributed by atoms with Crippen molar-refractivity contribution in [3.05, 3.63) is 35.9 Å². The van der Waals surface area contributed by atoms with Crippen molar-refractivity contribution in [3.63, 3.8) is 0 Å². The van der Waals surface area contributed by atoms with Crippen LogP contribution in [-0.4, -0.2) is 82.3 Å². The van der Waals surface area contributed by atoms with Crippen LogP contribution in [0.1, 0.15) is 18.4 Å². The number of piperidine rings is 1. The quantitative estimate of drug-likeness (QED) is 0.316. The topological polar surface area (TPSA) is 52.1 Å².